The van der Waals surface area contributed by atoms with Crippen LogP contribution in [0.2, 0.25) is 10.0 Å². The molecule has 2 aromatic carbocycles. The number of halogens is 2. The molecular formula is C21H25Cl2N3O7S2. The molecule has 1 amide bonds. The number of amides is 1. The molecule has 0 bridgehead atoms. The van der Waals surface area contributed by atoms with Crippen LogP contribution in [0, 0.1) is 0 Å². The highest BCUT2D eigenvalue weighted by Gasteiger charge is 2.26. The first-order valence-corrected chi connectivity index (χ1v) is 14.5. The Morgan fingerprint density at radius 3 is 2.37 bits per heavy atom. The van der Waals surface area contributed by atoms with Crippen molar-refractivity contribution in [1.29, 1.82) is 0 Å². The average molecular weight is 566 g/mol. The van der Waals surface area contributed by atoms with Crippen LogP contribution in [0.1, 0.15) is 0 Å². The lowest BCUT2D eigenvalue weighted by molar-refractivity contribution is -0.119. The number of nitrogens with one attached hydrogen (secondary N) is 1. The van der Waals surface area contributed by atoms with Gasteiger partial charge in [0.15, 0.2) is 0 Å². The summed E-state index contributed by atoms with van der Waals surface area (Å²) >= 11 is 12.0. The first kappa shape index (κ1) is 27.5. The van der Waals surface area contributed by atoms with Gasteiger partial charge in [0.2, 0.25) is 26.0 Å². The van der Waals surface area contributed by atoms with Crippen molar-refractivity contribution in [2.45, 2.75) is 4.90 Å². The Labute approximate surface area is 214 Å². The molecule has 1 heterocycles. The van der Waals surface area contributed by atoms with Gasteiger partial charge in [-0.1, -0.05) is 23.2 Å². The Morgan fingerprint density at radius 1 is 1.09 bits per heavy atom. The summed E-state index contributed by atoms with van der Waals surface area (Å²) in [5.74, 6) is -0.148. The molecule has 0 aromatic heterocycles. The minimum absolute atomic E-state index is 0.0814. The van der Waals surface area contributed by atoms with Crippen molar-refractivity contribution in [3.63, 3.8) is 0 Å². The van der Waals surface area contributed by atoms with E-state index in [9.17, 15) is 21.6 Å². The molecule has 0 aliphatic carbocycles. The van der Waals surface area contributed by atoms with Crippen LogP contribution in [0.3, 0.4) is 0 Å². The zero-order chi connectivity index (χ0) is 25.6. The van der Waals surface area contributed by atoms with Gasteiger partial charge in [0.1, 0.15) is 18.9 Å². The normalized spacial score (nSPS) is 14.9. The van der Waals surface area contributed by atoms with Gasteiger partial charge in [0, 0.05) is 18.1 Å². The molecule has 192 valence electrons. The van der Waals surface area contributed by atoms with E-state index in [0.717, 1.165) is 10.6 Å². The molecule has 1 N–H and O–H groups in total. The Balaban J connectivity index is 1.52. The summed E-state index contributed by atoms with van der Waals surface area (Å²) in [4.78, 5) is 12.5. The second kappa shape index (κ2) is 11.8. The molecule has 1 saturated heterocycles. The van der Waals surface area contributed by atoms with Crippen molar-refractivity contribution in [2.75, 3.05) is 56.6 Å². The van der Waals surface area contributed by atoms with E-state index in [4.69, 9.17) is 32.7 Å². The molecule has 2 aromatic rings. The summed E-state index contributed by atoms with van der Waals surface area (Å²) in [7, 11) is -7.41. The lowest BCUT2D eigenvalue weighted by Crippen LogP contribution is -2.41. The fourth-order valence-electron chi connectivity index (χ4n) is 3.25. The molecular weight excluding hydrogens is 541 g/mol. The topological polar surface area (TPSA) is 122 Å². The molecule has 0 spiro atoms. The predicted octanol–water partition coefficient (Wildman–Crippen LogP) is 1.98. The van der Waals surface area contributed by atoms with Gasteiger partial charge in [-0.2, -0.15) is 4.31 Å². The molecule has 0 atom stereocenters. The Bertz CT molecular complexity index is 1250. The number of morpholine rings is 1. The third-order valence-corrected chi connectivity index (χ3v) is 8.58. The Hall–Kier alpha value is -2.09. The van der Waals surface area contributed by atoms with Crippen LogP contribution in [0.25, 0.3) is 0 Å². The molecule has 0 unspecified atom stereocenters. The fraction of sp³-hybridized carbons (Fsp3) is 0.381. The number of hydrogen-bond donors (Lipinski definition) is 1. The van der Waals surface area contributed by atoms with Gasteiger partial charge in [-0.3, -0.25) is 9.10 Å². The van der Waals surface area contributed by atoms with Crippen LogP contribution in [0.15, 0.2) is 47.4 Å². The lowest BCUT2D eigenvalue weighted by atomic mass is 10.3. The van der Waals surface area contributed by atoms with Crippen LogP contribution in [0.5, 0.6) is 5.75 Å². The van der Waals surface area contributed by atoms with E-state index in [1.54, 1.807) is 0 Å². The number of nitrogens with zero attached hydrogens (tertiary/aromatic N) is 2. The number of anilines is 1. The third kappa shape index (κ3) is 7.45. The molecule has 3 rings (SSSR count). The van der Waals surface area contributed by atoms with Crippen LogP contribution in [-0.2, 0) is 29.6 Å². The summed E-state index contributed by atoms with van der Waals surface area (Å²) in [5, 5.41) is 2.99. The van der Waals surface area contributed by atoms with E-state index in [-0.39, 0.29) is 33.8 Å². The van der Waals surface area contributed by atoms with E-state index < -0.39 is 32.5 Å². The highest BCUT2D eigenvalue weighted by Crippen LogP contribution is 2.30. The minimum atomic E-state index is -3.81. The Kier molecular flexibility index (Phi) is 9.24. The summed E-state index contributed by atoms with van der Waals surface area (Å²) in [5.41, 5.74) is 0.0974. The highest BCUT2D eigenvalue weighted by molar-refractivity contribution is 7.92. The average Bonchev–Trinajstić information content (AvgIpc) is 2.82. The second-order valence-corrected chi connectivity index (χ2v) is 12.2. The maximum absolute atomic E-state index is 12.7. The zero-order valence-corrected chi connectivity index (χ0v) is 22.0. The van der Waals surface area contributed by atoms with E-state index in [1.807, 2.05) is 0 Å². The maximum atomic E-state index is 12.7. The van der Waals surface area contributed by atoms with Crippen molar-refractivity contribution < 1.29 is 31.1 Å². The number of benzene rings is 2. The zero-order valence-electron chi connectivity index (χ0n) is 18.8. The lowest BCUT2D eigenvalue weighted by Gasteiger charge is -2.26. The first-order chi connectivity index (χ1) is 16.5. The van der Waals surface area contributed by atoms with Crippen LogP contribution in [0.4, 0.5) is 5.69 Å². The number of carbonyl (C=O) groups excluding carboxylic acids is 1. The van der Waals surface area contributed by atoms with Crippen molar-refractivity contribution in [1.82, 2.24) is 9.62 Å². The first-order valence-electron chi connectivity index (χ1n) is 10.5. The van der Waals surface area contributed by atoms with Crippen LogP contribution >= 0.6 is 23.2 Å². The van der Waals surface area contributed by atoms with Gasteiger partial charge in [-0.15, -0.1) is 0 Å². The van der Waals surface area contributed by atoms with Crippen LogP contribution < -0.4 is 14.4 Å². The van der Waals surface area contributed by atoms with Gasteiger partial charge in [-0.25, -0.2) is 16.8 Å². The number of hydrogen-bond acceptors (Lipinski definition) is 7. The summed E-state index contributed by atoms with van der Waals surface area (Å²) < 4.78 is 62.7. The predicted molar refractivity (Wildman–Crippen MR) is 133 cm³/mol. The molecule has 1 fully saturated rings. The van der Waals surface area contributed by atoms with E-state index in [0.29, 0.717) is 32.1 Å². The summed E-state index contributed by atoms with van der Waals surface area (Å²) in [6, 6.07) is 10.3. The molecule has 35 heavy (non-hydrogen) atoms. The summed E-state index contributed by atoms with van der Waals surface area (Å²) in [6.07, 6.45) is 0.962. The molecule has 1 aliphatic rings. The highest BCUT2D eigenvalue weighted by atomic mass is 35.5. The van der Waals surface area contributed by atoms with E-state index in [2.05, 4.69) is 5.32 Å². The van der Waals surface area contributed by atoms with Crippen molar-refractivity contribution in [2.24, 2.45) is 0 Å². The van der Waals surface area contributed by atoms with E-state index >= 15 is 0 Å². The quantitative estimate of drug-likeness (QED) is 0.437. The van der Waals surface area contributed by atoms with Gasteiger partial charge < -0.3 is 14.8 Å². The van der Waals surface area contributed by atoms with Crippen molar-refractivity contribution in [3.8, 4) is 5.75 Å². The smallest absolute Gasteiger partial charge is 0.243 e. The van der Waals surface area contributed by atoms with E-state index in [1.165, 1.54) is 46.8 Å². The SMILES string of the molecule is CS(=O)(=O)N(CC(=O)NCCOc1ccc(S(=O)(=O)N2CCOCC2)cc1)c1cc(Cl)ccc1Cl. The molecule has 0 saturated carbocycles. The fourth-order valence-corrected chi connectivity index (χ4v) is 5.95. The number of ether oxygens (including phenoxy) is 2. The van der Waals surface area contributed by atoms with Crippen LogP contribution in [-0.4, -0.2) is 79.3 Å². The molecule has 10 nitrogen and oxygen atoms in total. The second-order valence-electron chi connectivity index (χ2n) is 7.55. The number of sulfonamides is 2. The van der Waals surface area contributed by atoms with Crippen molar-refractivity contribution >= 4 is 54.8 Å². The largest absolute Gasteiger partial charge is 0.492 e. The van der Waals surface area contributed by atoms with Gasteiger partial charge >= 0.3 is 0 Å². The molecule has 0 radical (unpaired) electrons. The maximum Gasteiger partial charge on any atom is 0.243 e. The van der Waals surface area contributed by atoms with Crippen molar-refractivity contribution in [3.05, 3.63) is 52.5 Å². The number of rotatable bonds is 10. The number of carbonyl (C=O) groups is 1. The minimum Gasteiger partial charge on any atom is -0.492 e. The third-order valence-electron chi connectivity index (χ3n) is 4.99. The molecule has 14 heteroatoms. The van der Waals surface area contributed by atoms with Gasteiger partial charge in [0.05, 0.1) is 41.6 Å². The Morgan fingerprint density at radius 2 is 1.74 bits per heavy atom. The standard InChI is InChI=1S/C21H25Cl2N3O7S2/c1-34(28,29)26(20-14-16(22)2-7-19(20)23)15-21(27)24-8-11-33-17-3-5-18(6-4-17)35(30,31)25-9-12-32-13-10-25/h2-7,14H,8-13,15H2,1H3,(H,24,27). The van der Waals surface area contributed by atoms with Gasteiger partial charge in [-0.05, 0) is 42.5 Å². The monoisotopic (exact) mass is 565 g/mol. The summed E-state index contributed by atoms with van der Waals surface area (Å²) in [6.45, 7) is 1.01. The molecule has 1 aliphatic heterocycles. The van der Waals surface area contributed by atoms with Gasteiger partial charge in [0.25, 0.3) is 0 Å².